The van der Waals surface area contributed by atoms with Crippen LogP contribution in [0.2, 0.25) is 0 Å². The molecule has 2 aromatic rings. The first-order chi connectivity index (χ1) is 9.09. The fourth-order valence-corrected chi connectivity index (χ4v) is 2.44. The minimum atomic E-state index is -2.97. The highest BCUT2D eigenvalue weighted by atomic mass is 19.3. The van der Waals surface area contributed by atoms with Gasteiger partial charge in [-0.15, -0.1) is 5.10 Å². The van der Waals surface area contributed by atoms with Crippen LogP contribution in [0.3, 0.4) is 0 Å². The molecule has 19 heavy (non-hydrogen) atoms. The summed E-state index contributed by atoms with van der Waals surface area (Å²) in [5.74, 6) is -3.71. The molecule has 5 nitrogen and oxygen atoms in total. The van der Waals surface area contributed by atoms with E-state index in [1.807, 2.05) is 0 Å². The van der Waals surface area contributed by atoms with Gasteiger partial charge in [-0.2, -0.15) is 13.8 Å². The number of alkyl halides is 2. The summed E-state index contributed by atoms with van der Waals surface area (Å²) < 4.78 is 35.5. The van der Waals surface area contributed by atoms with Crippen molar-refractivity contribution in [3.8, 4) is 0 Å². The average Bonchev–Trinajstić information content (AvgIpc) is 2.79. The van der Waals surface area contributed by atoms with Gasteiger partial charge in [0.15, 0.2) is 5.65 Å². The first-order valence-corrected chi connectivity index (χ1v) is 6.16. The van der Waals surface area contributed by atoms with Gasteiger partial charge in [0.05, 0.1) is 0 Å². The van der Waals surface area contributed by atoms with E-state index in [0.717, 1.165) is 4.52 Å². The number of hydrogen-bond acceptors (Lipinski definition) is 4. The van der Waals surface area contributed by atoms with E-state index in [1.54, 1.807) is 12.1 Å². The molecule has 3 rings (SSSR count). The highest BCUT2D eigenvalue weighted by molar-refractivity contribution is 5.43. The monoisotopic (exact) mass is 268 g/mol. The second-order valence-electron chi connectivity index (χ2n) is 4.66. The lowest BCUT2D eigenvalue weighted by Crippen LogP contribution is -2.33. The molecule has 1 aliphatic rings. The van der Waals surface area contributed by atoms with Gasteiger partial charge in [-0.25, -0.2) is 4.52 Å². The van der Waals surface area contributed by atoms with E-state index in [0.29, 0.717) is 31.7 Å². The number of anilines is 1. The van der Waals surface area contributed by atoms with Gasteiger partial charge >= 0.3 is 0 Å². The predicted octanol–water partition coefficient (Wildman–Crippen LogP) is 1.83. The van der Waals surface area contributed by atoms with Crippen LogP contribution >= 0.6 is 0 Å². The molecule has 0 saturated carbocycles. The van der Waals surface area contributed by atoms with Crippen molar-refractivity contribution >= 4 is 11.6 Å². The summed E-state index contributed by atoms with van der Waals surface area (Å²) >= 11 is 0. The van der Waals surface area contributed by atoms with Gasteiger partial charge in [-0.1, -0.05) is 6.07 Å². The number of fused-ring (bicyclic) bond motifs is 1. The van der Waals surface area contributed by atoms with Crippen LogP contribution in [-0.2, 0) is 10.7 Å². The van der Waals surface area contributed by atoms with Crippen molar-refractivity contribution in [2.24, 2.45) is 5.92 Å². The van der Waals surface area contributed by atoms with Gasteiger partial charge in [0.1, 0.15) is 5.69 Å². The van der Waals surface area contributed by atoms with Gasteiger partial charge in [0, 0.05) is 19.1 Å². The molecule has 0 amide bonds. The van der Waals surface area contributed by atoms with E-state index in [2.05, 4.69) is 10.1 Å². The molecule has 102 valence electrons. The van der Waals surface area contributed by atoms with Crippen LogP contribution in [0.15, 0.2) is 18.2 Å². The third kappa shape index (κ3) is 2.03. The van der Waals surface area contributed by atoms with Crippen molar-refractivity contribution in [1.82, 2.24) is 14.6 Å². The van der Waals surface area contributed by atoms with Crippen molar-refractivity contribution in [1.29, 1.82) is 0 Å². The molecule has 1 aliphatic heterocycles. The Morgan fingerprint density at radius 2 is 2.05 bits per heavy atom. The summed E-state index contributed by atoms with van der Waals surface area (Å²) in [7, 11) is 0. The Kier molecular flexibility index (Phi) is 2.85. The molecule has 0 unspecified atom stereocenters. The lowest BCUT2D eigenvalue weighted by atomic mass is 9.90. The summed E-state index contributed by atoms with van der Waals surface area (Å²) in [6.45, 7) is 0.742. The fourth-order valence-electron chi connectivity index (χ4n) is 2.44. The van der Waals surface area contributed by atoms with Crippen LogP contribution in [0.5, 0.6) is 0 Å². The molecule has 0 atom stereocenters. The Hall–Kier alpha value is -1.76. The lowest BCUT2D eigenvalue weighted by molar-refractivity contribution is -0.106. The number of pyridine rings is 1. The Morgan fingerprint density at radius 3 is 2.79 bits per heavy atom. The van der Waals surface area contributed by atoms with Crippen molar-refractivity contribution in [3.63, 3.8) is 0 Å². The molecule has 2 aromatic heterocycles. The first-order valence-electron chi connectivity index (χ1n) is 6.16. The number of nitrogens with two attached hydrogens (primary N) is 1. The van der Waals surface area contributed by atoms with E-state index >= 15 is 0 Å². The number of nitrogen functional groups attached to an aromatic ring is 1. The van der Waals surface area contributed by atoms with Crippen molar-refractivity contribution in [2.75, 3.05) is 18.9 Å². The lowest BCUT2D eigenvalue weighted by Gasteiger charge is -2.30. The number of ether oxygens (including phenoxy) is 1. The smallest absolute Gasteiger partial charge is 0.292 e. The van der Waals surface area contributed by atoms with Crippen molar-refractivity contribution in [3.05, 3.63) is 23.9 Å². The third-order valence-corrected chi connectivity index (χ3v) is 3.45. The van der Waals surface area contributed by atoms with Gasteiger partial charge in [-0.3, -0.25) is 0 Å². The van der Waals surface area contributed by atoms with Crippen molar-refractivity contribution < 1.29 is 13.5 Å². The largest absolute Gasteiger partial charge is 0.381 e. The van der Waals surface area contributed by atoms with Gasteiger partial charge < -0.3 is 10.5 Å². The Bertz CT molecular complexity index is 592. The standard InChI is InChI=1S/C12H14F2N4O/c13-12(14,8-4-6-19-7-5-8)9-2-1-3-10-16-11(15)17-18(9)10/h1-3,8H,4-7H2,(H2,15,17). The first kappa shape index (κ1) is 12.3. The zero-order valence-electron chi connectivity index (χ0n) is 10.2. The molecule has 1 saturated heterocycles. The predicted molar refractivity (Wildman–Crippen MR) is 64.8 cm³/mol. The Balaban J connectivity index is 2.06. The number of hydrogen-bond donors (Lipinski definition) is 1. The topological polar surface area (TPSA) is 65.4 Å². The fraction of sp³-hybridized carbons (Fsp3) is 0.500. The highest BCUT2D eigenvalue weighted by Crippen LogP contribution is 2.40. The van der Waals surface area contributed by atoms with E-state index < -0.39 is 11.8 Å². The van der Waals surface area contributed by atoms with Crippen LogP contribution in [0.1, 0.15) is 18.5 Å². The second-order valence-corrected chi connectivity index (χ2v) is 4.66. The number of nitrogens with zero attached hydrogens (tertiary/aromatic N) is 3. The van der Waals surface area contributed by atoms with Crippen molar-refractivity contribution in [2.45, 2.75) is 18.8 Å². The summed E-state index contributed by atoms with van der Waals surface area (Å²) in [5, 5.41) is 3.85. The normalized spacial score (nSPS) is 18.0. The molecule has 0 aromatic carbocycles. The molecule has 0 radical (unpaired) electrons. The molecule has 7 heteroatoms. The van der Waals surface area contributed by atoms with E-state index in [9.17, 15) is 8.78 Å². The summed E-state index contributed by atoms with van der Waals surface area (Å²) in [4.78, 5) is 3.90. The minimum absolute atomic E-state index is 0.00442. The number of rotatable bonds is 2. The third-order valence-electron chi connectivity index (χ3n) is 3.45. The van der Waals surface area contributed by atoms with Gasteiger partial charge in [0.2, 0.25) is 5.95 Å². The van der Waals surface area contributed by atoms with E-state index in [1.165, 1.54) is 6.07 Å². The molecular weight excluding hydrogens is 254 g/mol. The van der Waals surface area contributed by atoms with E-state index in [-0.39, 0.29) is 11.6 Å². The van der Waals surface area contributed by atoms with Crippen LogP contribution in [-0.4, -0.2) is 27.8 Å². The van der Waals surface area contributed by atoms with Gasteiger partial charge in [0.25, 0.3) is 5.92 Å². The summed E-state index contributed by atoms with van der Waals surface area (Å²) in [6, 6.07) is 4.52. The number of halogens is 2. The zero-order chi connectivity index (χ0) is 13.5. The summed E-state index contributed by atoms with van der Waals surface area (Å²) in [6.07, 6.45) is 0.682. The second kappa shape index (κ2) is 4.41. The maximum Gasteiger partial charge on any atom is 0.292 e. The Labute approximate surface area is 108 Å². The van der Waals surface area contributed by atoms with Crippen LogP contribution in [0.4, 0.5) is 14.7 Å². The molecular formula is C12H14F2N4O. The molecule has 3 heterocycles. The van der Waals surface area contributed by atoms with Gasteiger partial charge in [-0.05, 0) is 25.0 Å². The SMILES string of the molecule is Nc1nc2cccc(C(F)(F)C3CCOCC3)n2n1. The maximum absolute atomic E-state index is 14.6. The summed E-state index contributed by atoms with van der Waals surface area (Å²) in [5.41, 5.74) is 5.64. The Morgan fingerprint density at radius 1 is 1.32 bits per heavy atom. The quantitative estimate of drug-likeness (QED) is 0.902. The molecule has 1 fully saturated rings. The van der Waals surface area contributed by atoms with Crippen LogP contribution in [0, 0.1) is 5.92 Å². The molecule has 0 aliphatic carbocycles. The average molecular weight is 268 g/mol. The van der Waals surface area contributed by atoms with E-state index in [4.69, 9.17) is 10.5 Å². The van der Waals surface area contributed by atoms with Crippen LogP contribution in [0.25, 0.3) is 5.65 Å². The molecule has 2 N–H and O–H groups in total. The maximum atomic E-state index is 14.6. The zero-order valence-corrected chi connectivity index (χ0v) is 10.2. The molecule has 0 spiro atoms. The van der Waals surface area contributed by atoms with Crippen LogP contribution < -0.4 is 5.73 Å². The minimum Gasteiger partial charge on any atom is -0.381 e. The number of aromatic nitrogens is 3. The highest BCUT2D eigenvalue weighted by Gasteiger charge is 2.44. The molecule has 0 bridgehead atoms.